The third-order valence-corrected chi connectivity index (χ3v) is 4.38. The van der Waals surface area contributed by atoms with Crippen LogP contribution >= 0.6 is 15.9 Å². The van der Waals surface area contributed by atoms with Crippen molar-refractivity contribution in [3.63, 3.8) is 0 Å². The molecule has 18 heavy (non-hydrogen) atoms. The van der Waals surface area contributed by atoms with Gasteiger partial charge in [0.25, 0.3) is 0 Å². The van der Waals surface area contributed by atoms with Crippen LogP contribution in [-0.2, 0) is 4.74 Å². The van der Waals surface area contributed by atoms with Gasteiger partial charge in [-0.2, -0.15) is 0 Å². The van der Waals surface area contributed by atoms with E-state index in [2.05, 4.69) is 52.4 Å². The molecule has 1 aliphatic rings. The predicted molar refractivity (Wildman–Crippen MR) is 78.7 cm³/mol. The SMILES string of the molecule is CCC(NC1CCCC1OC)c1ccc(Br)cc1. The lowest BCUT2D eigenvalue weighted by molar-refractivity contribution is 0.0810. The molecule has 3 unspecified atom stereocenters. The molecule has 1 fully saturated rings. The number of benzene rings is 1. The Balaban J connectivity index is 2.02. The molecule has 0 radical (unpaired) electrons. The van der Waals surface area contributed by atoms with Crippen molar-refractivity contribution >= 4 is 15.9 Å². The Morgan fingerprint density at radius 1 is 1.33 bits per heavy atom. The summed E-state index contributed by atoms with van der Waals surface area (Å²) in [6.07, 6.45) is 5.17. The normalized spacial score (nSPS) is 25.3. The lowest BCUT2D eigenvalue weighted by Gasteiger charge is -2.26. The van der Waals surface area contributed by atoms with E-state index < -0.39 is 0 Å². The fourth-order valence-electron chi connectivity index (χ4n) is 2.80. The maximum atomic E-state index is 5.55. The third-order valence-electron chi connectivity index (χ3n) is 3.85. The predicted octanol–water partition coefficient (Wildman–Crippen LogP) is 4.06. The summed E-state index contributed by atoms with van der Waals surface area (Å²) in [6.45, 7) is 2.23. The van der Waals surface area contributed by atoms with Crippen LogP contribution in [0.25, 0.3) is 0 Å². The smallest absolute Gasteiger partial charge is 0.0724 e. The first-order valence-corrected chi connectivity index (χ1v) is 7.58. The zero-order valence-corrected chi connectivity index (χ0v) is 12.7. The van der Waals surface area contributed by atoms with Gasteiger partial charge in [-0.25, -0.2) is 0 Å². The third kappa shape index (κ3) is 3.34. The van der Waals surface area contributed by atoms with Crippen molar-refractivity contribution in [3.8, 4) is 0 Å². The molecule has 0 aliphatic heterocycles. The van der Waals surface area contributed by atoms with Crippen LogP contribution in [0.1, 0.15) is 44.2 Å². The van der Waals surface area contributed by atoms with Gasteiger partial charge in [0, 0.05) is 23.7 Å². The minimum Gasteiger partial charge on any atom is -0.380 e. The second kappa shape index (κ2) is 6.69. The van der Waals surface area contributed by atoms with Crippen molar-refractivity contribution in [2.45, 2.75) is 50.8 Å². The monoisotopic (exact) mass is 311 g/mol. The summed E-state index contributed by atoms with van der Waals surface area (Å²) >= 11 is 3.49. The van der Waals surface area contributed by atoms with Crippen molar-refractivity contribution in [2.75, 3.05) is 7.11 Å². The van der Waals surface area contributed by atoms with Gasteiger partial charge >= 0.3 is 0 Å². The number of halogens is 1. The Morgan fingerprint density at radius 2 is 2.06 bits per heavy atom. The molecule has 1 aliphatic carbocycles. The molecule has 3 atom stereocenters. The molecule has 1 N–H and O–H groups in total. The van der Waals surface area contributed by atoms with Gasteiger partial charge in [0.15, 0.2) is 0 Å². The second-order valence-electron chi connectivity index (χ2n) is 4.99. The number of nitrogens with one attached hydrogen (secondary N) is 1. The Morgan fingerprint density at radius 3 is 2.67 bits per heavy atom. The zero-order chi connectivity index (χ0) is 13.0. The van der Waals surface area contributed by atoms with Crippen LogP contribution in [0.3, 0.4) is 0 Å². The van der Waals surface area contributed by atoms with E-state index >= 15 is 0 Å². The Labute approximate surface area is 118 Å². The summed E-state index contributed by atoms with van der Waals surface area (Å²) in [5.41, 5.74) is 1.36. The molecule has 0 heterocycles. The molecule has 0 bridgehead atoms. The van der Waals surface area contributed by atoms with E-state index in [9.17, 15) is 0 Å². The van der Waals surface area contributed by atoms with Crippen LogP contribution in [0, 0.1) is 0 Å². The van der Waals surface area contributed by atoms with Gasteiger partial charge in [-0.15, -0.1) is 0 Å². The minimum absolute atomic E-state index is 0.384. The Bertz CT molecular complexity index is 365. The van der Waals surface area contributed by atoms with Gasteiger partial charge < -0.3 is 10.1 Å². The largest absolute Gasteiger partial charge is 0.380 e. The quantitative estimate of drug-likeness (QED) is 0.885. The van der Waals surface area contributed by atoms with Crippen LogP contribution in [0.2, 0.25) is 0 Å². The van der Waals surface area contributed by atoms with Crippen LogP contribution in [0.5, 0.6) is 0 Å². The molecular weight excluding hydrogens is 290 g/mol. The molecule has 1 aromatic carbocycles. The molecule has 0 aromatic heterocycles. The van der Waals surface area contributed by atoms with Gasteiger partial charge in [-0.3, -0.25) is 0 Å². The molecule has 0 spiro atoms. The maximum absolute atomic E-state index is 5.55. The van der Waals surface area contributed by atoms with Crippen molar-refractivity contribution in [1.29, 1.82) is 0 Å². The molecular formula is C15H22BrNO. The summed E-state index contributed by atoms with van der Waals surface area (Å²) in [5, 5.41) is 3.76. The van der Waals surface area contributed by atoms with Gasteiger partial charge in [0.2, 0.25) is 0 Å². The number of rotatable bonds is 5. The highest BCUT2D eigenvalue weighted by Crippen LogP contribution is 2.26. The first-order chi connectivity index (χ1) is 8.74. The van der Waals surface area contributed by atoms with Crippen LogP contribution in [0.15, 0.2) is 28.7 Å². The van der Waals surface area contributed by atoms with Gasteiger partial charge in [-0.1, -0.05) is 35.0 Å². The molecule has 2 rings (SSSR count). The topological polar surface area (TPSA) is 21.3 Å². The number of ether oxygens (including phenoxy) is 1. The summed E-state index contributed by atoms with van der Waals surface area (Å²) in [4.78, 5) is 0. The lowest BCUT2D eigenvalue weighted by Crippen LogP contribution is -2.39. The second-order valence-corrected chi connectivity index (χ2v) is 5.91. The number of methoxy groups -OCH3 is 1. The molecule has 1 aromatic rings. The van der Waals surface area contributed by atoms with E-state index in [1.807, 2.05) is 7.11 Å². The Kier molecular flexibility index (Phi) is 5.22. The highest BCUT2D eigenvalue weighted by molar-refractivity contribution is 9.10. The average Bonchev–Trinajstić information content (AvgIpc) is 2.84. The van der Waals surface area contributed by atoms with Crippen LogP contribution < -0.4 is 5.32 Å². The first kappa shape index (κ1) is 14.0. The summed E-state index contributed by atoms with van der Waals surface area (Å²) in [6, 6.07) is 9.55. The van der Waals surface area contributed by atoms with E-state index in [1.165, 1.54) is 24.8 Å². The van der Waals surface area contributed by atoms with E-state index in [0.29, 0.717) is 18.2 Å². The van der Waals surface area contributed by atoms with E-state index in [1.54, 1.807) is 0 Å². The van der Waals surface area contributed by atoms with Crippen molar-refractivity contribution in [2.24, 2.45) is 0 Å². The standard InChI is InChI=1S/C15H22BrNO/c1-3-13(11-7-9-12(16)10-8-11)17-14-5-4-6-15(14)18-2/h7-10,13-15,17H,3-6H2,1-2H3. The molecule has 1 saturated carbocycles. The Hall–Kier alpha value is -0.380. The van der Waals surface area contributed by atoms with Gasteiger partial charge in [0.1, 0.15) is 0 Å². The summed E-state index contributed by atoms with van der Waals surface area (Å²) < 4.78 is 6.69. The molecule has 2 nitrogen and oxygen atoms in total. The average molecular weight is 312 g/mol. The molecule has 100 valence electrons. The summed E-state index contributed by atoms with van der Waals surface area (Å²) in [7, 11) is 1.82. The van der Waals surface area contributed by atoms with Crippen LogP contribution in [-0.4, -0.2) is 19.3 Å². The van der Waals surface area contributed by atoms with E-state index in [4.69, 9.17) is 4.74 Å². The highest BCUT2D eigenvalue weighted by Gasteiger charge is 2.28. The zero-order valence-electron chi connectivity index (χ0n) is 11.2. The van der Waals surface area contributed by atoms with Gasteiger partial charge in [0.05, 0.1) is 6.10 Å². The summed E-state index contributed by atoms with van der Waals surface area (Å²) in [5.74, 6) is 0. The van der Waals surface area contributed by atoms with Crippen molar-refractivity contribution in [3.05, 3.63) is 34.3 Å². The van der Waals surface area contributed by atoms with Crippen LogP contribution in [0.4, 0.5) is 0 Å². The van der Waals surface area contributed by atoms with Crippen molar-refractivity contribution < 1.29 is 4.74 Å². The highest BCUT2D eigenvalue weighted by atomic mass is 79.9. The van der Waals surface area contributed by atoms with E-state index in [0.717, 1.165) is 10.9 Å². The van der Waals surface area contributed by atoms with E-state index in [-0.39, 0.29) is 0 Å². The lowest BCUT2D eigenvalue weighted by atomic mass is 10.0. The fourth-order valence-corrected chi connectivity index (χ4v) is 3.07. The minimum atomic E-state index is 0.384. The molecule has 3 heteroatoms. The van der Waals surface area contributed by atoms with Gasteiger partial charge in [-0.05, 0) is 43.4 Å². The number of hydrogen-bond donors (Lipinski definition) is 1. The molecule has 0 amide bonds. The maximum Gasteiger partial charge on any atom is 0.0724 e. The number of hydrogen-bond acceptors (Lipinski definition) is 2. The fraction of sp³-hybridized carbons (Fsp3) is 0.600. The molecule has 0 saturated heterocycles. The first-order valence-electron chi connectivity index (χ1n) is 6.79. The van der Waals surface area contributed by atoms with Crippen molar-refractivity contribution in [1.82, 2.24) is 5.32 Å².